The predicted molar refractivity (Wildman–Crippen MR) is 80.4 cm³/mol. The molecule has 1 aliphatic rings. The van der Waals surface area contributed by atoms with Gasteiger partial charge in [-0.05, 0) is 18.4 Å². The monoisotopic (exact) mass is 284 g/mol. The van der Waals surface area contributed by atoms with Gasteiger partial charge >= 0.3 is 0 Å². The molecule has 1 aliphatic carbocycles. The Morgan fingerprint density at radius 1 is 1.43 bits per heavy atom. The number of nitrogens with one attached hydrogen (secondary N) is 1. The number of rotatable bonds is 5. The van der Waals surface area contributed by atoms with Crippen molar-refractivity contribution in [2.75, 3.05) is 6.54 Å². The van der Waals surface area contributed by atoms with Crippen molar-refractivity contribution in [3.05, 3.63) is 54.1 Å². The fraction of sp³-hybridized carbons (Fsp3) is 0.375. The molecule has 0 spiro atoms. The minimum Gasteiger partial charge on any atom is -0.342 e. The molecule has 110 valence electrons. The maximum Gasteiger partial charge on any atom is 0.228 e. The molecule has 3 rings (SSSR count). The van der Waals surface area contributed by atoms with E-state index in [1.165, 1.54) is 0 Å². The van der Waals surface area contributed by atoms with Crippen LogP contribution in [-0.2, 0) is 11.8 Å². The van der Waals surface area contributed by atoms with E-state index in [0.29, 0.717) is 6.54 Å². The summed E-state index contributed by atoms with van der Waals surface area (Å²) in [4.78, 5) is 16.9. The van der Waals surface area contributed by atoms with Gasteiger partial charge in [0, 0.05) is 26.0 Å². The minimum atomic E-state index is -0.363. The molecule has 1 fully saturated rings. The summed E-state index contributed by atoms with van der Waals surface area (Å²) in [7, 11) is 1.93. The molecular formula is C16H20N4O. The van der Waals surface area contributed by atoms with Crippen molar-refractivity contribution in [3.8, 4) is 0 Å². The van der Waals surface area contributed by atoms with Crippen LogP contribution in [0.4, 0.5) is 0 Å². The van der Waals surface area contributed by atoms with Gasteiger partial charge in [-0.1, -0.05) is 30.3 Å². The van der Waals surface area contributed by atoms with Crippen LogP contribution >= 0.6 is 0 Å². The number of carbonyl (C=O) groups excluding carboxylic acids is 1. The zero-order chi connectivity index (χ0) is 14.9. The molecule has 5 nitrogen and oxygen atoms in total. The largest absolute Gasteiger partial charge is 0.342 e. The van der Waals surface area contributed by atoms with Crippen molar-refractivity contribution in [2.45, 2.75) is 18.9 Å². The highest BCUT2D eigenvalue weighted by Gasteiger charge is 2.49. The number of hydrogen-bond acceptors (Lipinski definition) is 3. The minimum absolute atomic E-state index is 0.0295. The molecular weight excluding hydrogens is 264 g/mol. The van der Waals surface area contributed by atoms with E-state index in [9.17, 15) is 4.79 Å². The summed E-state index contributed by atoms with van der Waals surface area (Å²) in [5.41, 5.74) is 6.41. The van der Waals surface area contributed by atoms with Gasteiger partial charge in [0.25, 0.3) is 0 Å². The van der Waals surface area contributed by atoms with Crippen LogP contribution in [0.3, 0.4) is 0 Å². The highest BCUT2D eigenvalue weighted by Crippen LogP contribution is 2.45. The zero-order valence-electron chi connectivity index (χ0n) is 12.1. The molecule has 0 radical (unpaired) electrons. The number of nitrogens with zero attached hydrogens (tertiary/aromatic N) is 2. The van der Waals surface area contributed by atoms with Crippen LogP contribution < -0.4 is 11.1 Å². The summed E-state index contributed by atoms with van der Waals surface area (Å²) >= 11 is 0. The van der Waals surface area contributed by atoms with Crippen molar-refractivity contribution in [2.24, 2.45) is 18.2 Å². The van der Waals surface area contributed by atoms with Crippen molar-refractivity contribution < 1.29 is 4.79 Å². The van der Waals surface area contributed by atoms with Gasteiger partial charge in [0.05, 0.1) is 5.41 Å². The Hall–Kier alpha value is -2.14. The molecule has 0 saturated heterocycles. The molecule has 1 unspecified atom stereocenters. The molecule has 1 aromatic heterocycles. The molecule has 2 aromatic rings. The van der Waals surface area contributed by atoms with Gasteiger partial charge < -0.3 is 15.6 Å². The third-order valence-corrected chi connectivity index (χ3v) is 4.25. The number of aromatic nitrogens is 2. The van der Waals surface area contributed by atoms with Crippen LogP contribution in [0.15, 0.2) is 42.7 Å². The van der Waals surface area contributed by atoms with Gasteiger partial charge in [-0.3, -0.25) is 4.79 Å². The summed E-state index contributed by atoms with van der Waals surface area (Å²) in [6.45, 7) is 0.404. The first-order valence-electron chi connectivity index (χ1n) is 7.19. The third-order valence-electron chi connectivity index (χ3n) is 4.25. The van der Waals surface area contributed by atoms with E-state index in [2.05, 4.69) is 10.3 Å². The molecule has 0 aliphatic heterocycles. The maximum absolute atomic E-state index is 12.5. The second kappa shape index (κ2) is 5.33. The van der Waals surface area contributed by atoms with Crippen molar-refractivity contribution in [3.63, 3.8) is 0 Å². The van der Waals surface area contributed by atoms with Gasteiger partial charge in [0.1, 0.15) is 11.9 Å². The highest BCUT2D eigenvalue weighted by atomic mass is 16.2. The van der Waals surface area contributed by atoms with Crippen LogP contribution in [0.1, 0.15) is 30.3 Å². The van der Waals surface area contributed by atoms with Gasteiger partial charge in [-0.2, -0.15) is 0 Å². The lowest BCUT2D eigenvalue weighted by Gasteiger charge is -2.22. The summed E-state index contributed by atoms with van der Waals surface area (Å²) < 4.78 is 1.93. The third kappa shape index (κ3) is 2.56. The molecule has 1 amide bonds. The van der Waals surface area contributed by atoms with E-state index in [1.807, 2.05) is 48.1 Å². The molecule has 1 heterocycles. The molecule has 0 bridgehead atoms. The number of carbonyl (C=O) groups is 1. The Morgan fingerprint density at radius 2 is 2.14 bits per heavy atom. The lowest BCUT2D eigenvalue weighted by molar-refractivity contribution is -0.126. The van der Waals surface area contributed by atoms with Crippen LogP contribution in [0.25, 0.3) is 0 Å². The Balaban J connectivity index is 1.90. The van der Waals surface area contributed by atoms with Crippen LogP contribution in [0.5, 0.6) is 0 Å². The van der Waals surface area contributed by atoms with Gasteiger partial charge in [0.15, 0.2) is 0 Å². The molecule has 3 N–H and O–H groups in total. The lowest BCUT2D eigenvalue weighted by Crippen LogP contribution is -2.39. The summed E-state index contributed by atoms with van der Waals surface area (Å²) in [5.74, 6) is 0.851. The summed E-state index contributed by atoms with van der Waals surface area (Å²) in [5, 5.41) is 3.13. The van der Waals surface area contributed by atoms with E-state index in [0.717, 1.165) is 24.2 Å². The first-order valence-corrected chi connectivity index (χ1v) is 7.19. The number of aryl methyl sites for hydroxylation is 1. The average molecular weight is 284 g/mol. The summed E-state index contributed by atoms with van der Waals surface area (Å²) in [6, 6.07) is 9.65. The number of imidazole rings is 1. The van der Waals surface area contributed by atoms with E-state index in [4.69, 9.17) is 5.73 Å². The second-order valence-electron chi connectivity index (χ2n) is 5.70. The van der Waals surface area contributed by atoms with Gasteiger partial charge in [-0.25, -0.2) is 4.98 Å². The van der Waals surface area contributed by atoms with Crippen molar-refractivity contribution in [1.82, 2.24) is 14.9 Å². The number of hydrogen-bond donors (Lipinski definition) is 2. The zero-order valence-corrected chi connectivity index (χ0v) is 12.1. The molecule has 1 aromatic carbocycles. The standard InChI is InChI=1S/C16H20N4O/c1-20-10-9-18-14(20)13(12-5-3-2-4-6-12)19-15(21)16(11-17)7-8-16/h2-6,9-10,13H,7-8,11,17H2,1H3,(H,19,21). The van der Waals surface area contributed by atoms with E-state index >= 15 is 0 Å². The Bertz CT molecular complexity index is 631. The Morgan fingerprint density at radius 3 is 2.67 bits per heavy atom. The first kappa shape index (κ1) is 13.8. The lowest BCUT2D eigenvalue weighted by atomic mass is 10.0. The molecule has 1 atom stereocenters. The number of benzene rings is 1. The average Bonchev–Trinajstić information content (AvgIpc) is 3.22. The van der Waals surface area contributed by atoms with Crippen LogP contribution in [-0.4, -0.2) is 22.0 Å². The quantitative estimate of drug-likeness (QED) is 0.871. The Kier molecular flexibility index (Phi) is 3.51. The van der Waals surface area contributed by atoms with Gasteiger partial charge in [-0.15, -0.1) is 0 Å². The highest BCUT2D eigenvalue weighted by molar-refractivity contribution is 5.86. The predicted octanol–water partition coefficient (Wildman–Crippen LogP) is 1.36. The van der Waals surface area contributed by atoms with E-state index in [1.54, 1.807) is 6.20 Å². The van der Waals surface area contributed by atoms with Gasteiger partial charge in [0.2, 0.25) is 5.91 Å². The topological polar surface area (TPSA) is 72.9 Å². The maximum atomic E-state index is 12.5. The fourth-order valence-electron chi connectivity index (χ4n) is 2.56. The molecule has 5 heteroatoms. The van der Waals surface area contributed by atoms with Crippen LogP contribution in [0.2, 0.25) is 0 Å². The molecule has 21 heavy (non-hydrogen) atoms. The SMILES string of the molecule is Cn1ccnc1C(NC(=O)C1(CN)CC1)c1ccccc1. The normalized spacial score (nSPS) is 17.2. The van der Waals surface area contributed by atoms with Crippen LogP contribution in [0, 0.1) is 5.41 Å². The smallest absolute Gasteiger partial charge is 0.228 e. The fourth-order valence-corrected chi connectivity index (χ4v) is 2.56. The first-order chi connectivity index (χ1) is 10.2. The summed E-state index contributed by atoms with van der Waals surface area (Å²) in [6.07, 6.45) is 5.37. The van der Waals surface area contributed by atoms with E-state index in [-0.39, 0.29) is 17.4 Å². The Labute approximate surface area is 124 Å². The number of nitrogens with two attached hydrogens (primary N) is 1. The van der Waals surface area contributed by atoms with Crippen molar-refractivity contribution >= 4 is 5.91 Å². The molecule has 1 saturated carbocycles. The van der Waals surface area contributed by atoms with E-state index < -0.39 is 0 Å². The van der Waals surface area contributed by atoms with Crippen molar-refractivity contribution in [1.29, 1.82) is 0 Å². The number of amides is 1. The second-order valence-corrected chi connectivity index (χ2v) is 5.70.